The van der Waals surface area contributed by atoms with Crippen LogP contribution in [0, 0.1) is 5.41 Å². The van der Waals surface area contributed by atoms with E-state index >= 15 is 0 Å². The molecule has 0 atom stereocenters. The van der Waals surface area contributed by atoms with Gasteiger partial charge in [-0.2, -0.15) is 0 Å². The fraction of sp³-hybridized carbons (Fsp3) is 1.00. The predicted molar refractivity (Wildman–Crippen MR) is 42.6 cm³/mol. The van der Waals surface area contributed by atoms with Gasteiger partial charge in [-0.05, 0) is 0 Å². The number of hydrogen-bond donors (Lipinski definition) is 0. The average molecular weight is 256 g/mol. The number of alkyl halides is 1. The van der Waals surface area contributed by atoms with Crippen molar-refractivity contribution in [3.8, 4) is 0 Å². The molecule has 0 amide bonds. The van der Waals surface area contributed by atoms with Crippen LogP contribution in [0.5, 0.6) is 0 Å². The van der Waals surface area contributed by atoms with Crippen molar-refractivity contribution in [3.63, 3.8) is 0 Å². The third-order valence-corrected chi connectivity index (χ3v) is 3.88. The van der Waals surface area contributed by atoms with Crippen LogP contribution in [0.15, 0.2) is 0 Å². The molecule has 0 aliphatic rings. The zero-order chi connectivity index (χ0) is 8.20. The Balaban J connectivity index is 3.64. The molecule has 64 valence electrons. The summed E-state index contributed by atoms with van der Waals surface area (Å²) in [5.41, 5.74) is 0.518. The van der Waals surface area contributed by atoms with Crippen molar-refractivity contribution < 1.29 is 21.5 Å². The molecule has 0 unspecified atom stereocenters. The first-order valence-corrected chi connectivity index (χ1v) is 6.85. The molecule has 0 aromatic heterocycles. The molecule has 0 radical (unpaired) electrons. The minimum absolute atomic E-state index is 0.306. The van der Waals surface area contributed by atoms with Gasteiger partial charge >= 0.3 is 75.7 Å². The van der Waals surface area contributed by atoms with Gasteiger partial charge in [0, 0.05) is 0 Å². The van der Waals surface area contributed by atoms with Crippen LogP contribution in [-0.2, 0) is 0 Å². The van der Waals surface area contributed by atoms with Gasteiger partial charge in [0.15, 0.2) is 0 Å². The fourth-order valence-electron chi connectivity index (χ4n) is 0.761. The normalized spacial score (nSPS) is 13.0. The molecule has 1 nitrogen and oxygen atoms in total. The number of hydrogen-bond acceptors (Lipinski definition) is 1. The van der Waals surface area contributed by atoms with Crippen LogP contribution in [0.4, 0.5) is 0 Å². The Bertz CT molecular complexity index is 91.3. The van der Waals surface area contributed by atoms with Crippen molar-refractivity contribution in [2.24, 2.45) is 5.41 Å². The van der Waals surface area contributed by atoms with Crippen LogP contribution in [-0.4, -0.2) is 21.6 Å². The SMILES string of the molecule is CCC(C)(C)CN(C)[I-]C. The van der Waals surface area contributed by atoms with Gasteiger partial charge in [0.1, 0.15) is 0 Å². The van der Waals surface area contributed by atoms with Crippen LogP contribution < -0.4 is 21.5 Å². The van der Waals surface area contributed by atoms with Gasteiger partial charge in [0.2, 0.25) is 0 Å². The molecule has 0 rings (SSSR count). The van der Waals surface area contributed by atoms with Gasteiger partial charge in [-0.1, -0.05) is 0 Å². The predicted octanol–water partition coefficient (Wildman–Crippen LogP) is -1.01. The molecule has 0 aromatic rings. The van der Waals surface area contributed by atoms with E-state index in [2.05, 4.69) is 35.9 Å². The maximum absolute atomic E-state index is 2.47. The van der Waals surface area contributed by atoms with Crippen molar-refractivity contribution in [2.75, 3.05) is 18.5 Å². The Labute approximate surface area is 75.8 Å². The molecular weight excluding hydrogens is 237 g/mol. The summed E-state index contributed by atoms with van der Waals surface area (Å²) in [4.78, 5) is 2.31. The molecule has 0 spiro atoms. The Kier molecular flexibility index (Phi) is 4.86. The van der Waals surface area contributed by atoms with Crippen molar-refractivity contribution in [1.29, 1.82) is 0 Å². The van der Waals surface area contributed by atoms with E-state index in [1.165, 1.54) is 13.0 Å². The molecule has 0 bridgehead atoms. The quantitative estimate of drug-likeness (QED) is 0.354. The molecule has 0 N–H and O–H groups in total. The van der Waals surface area contributed by atoms with Crippen molar-refractivity contribution in [1.82, 2.24) is 3.11 Å². The molecule has 0 heterocycles. The van der Waals surface area contributed by atoms with Gasteiger partial charge in [-0.15, -0.1) is 0 Å². The fourth-order valence-corrected chi connectivity index (χ4v) is 2.03. The van der Waals surface area contributed by atoms with Crippen LogP contribution in [0.25, 0.3) is 0 Å². The number of nitrogens with zero attached hydrogens (tertiary/aromatic N) is 1. The first-order chi connectivity index (χ1) is 4.52. The molecule has 0 fully saturated rings. The summed E-state index contributed by atoms with van der Waals surface area (Å²) in [6.45, 7) is 8.20. The molecule has 0 aliphatic carbocycles. The second-order valence-electron chi connectivity index (χ2n) is 3.45. The molecule has 0 aromatic carbocycles. The zero-order valence-corrected chi connectivity index (χ0v) is 9.90. The van der Waals surface area contributed by atoms with Crippen molar-refractivity contribution in [3.05, 3.63) is 0 Å². The topological polar surface area (TPSA) is 3.24 Å². The molecular formula is C8H19IN-. The van der Waals surface area contributed by atoms with E-state index in [9.17, 15) is 0 Å². The standard InChI is InChI=1S/C8H19IN/c1-6-8(2,3)7-10(5)9-4/h6-7H2,1-5H3/q-1. The Hall–Kier alpha value is 0.690. The third kappa shape index (κ3) is 4.50. The summed E-state index contributed by atoms with van der Waals surface area (Å²) < 4.78 is 2.47. The van der Waals surface area contributed by atoms with Crippen LogP contribution in [0.3, 0.4) is 0 Å². The zero-order valence-electron chi connectivity index (χ0n) is 7.74. The minimum atomic E-state index is 0.306. The van der Waals surface area contributed by atoms with Crippen molar-refractivity contribution >= 4 is 0 Å². The Morgan fingerprint density at radius 2 is 1.90 bits per heavy atom. The molecule has 0 saturated heterocycles. The second kappa shape index (κ2) is 4.54. The first kappa shape index (κ1) is 10.7. The molecule has 0 saturated carbocycles. The third-order valence-electron chi connectivity index (χ3n) is 1.89. The van der Waals surface area contributed by atoms with Gasteiger partial charge in [0.05, 0.1) is 0 Å². The molecule has 2 heteroatoms. The summed E-state index contributed by atoms with van der Waals surface area (Å²) in [5, 5.41) is 0. The first-order valence-electron chi connectivity index (χ1n) is 3.72. The maximum atomic E-state index is 2.47. The van der Waals surface area contributed by atoms with E-state index in [0.717, 1.165) is 0 Å². The molecule has 0 aliphatic heterocycles. The molecule has 10 heavy (non-hydrogen) atoms. The number of halogens is 1. The van der Waals surface area contributed by atoms with E-state index in [4.69, 9.17) is 0 Å². The van der Waals surface area contributed by atoms with E-state index in [1.54, 1.807) is 0 Å². The van der Waals surface area contributed by atoms with Gasteiger partial charge < -0.3 is 0 Å². The summed E-state index contributed by atoms with van der Waals surface area (Å²) >= 11 is 0.306. The summed E-state index contributed by atoms with van der Waals surface area (Å²) in [5.74, 6) is 0. The Morgan fingerprint density at radius 3 is 2.20 bits per heavy atom. The van der Waals surface area contributed by atoms with E-state index in [1.807, 2.05) is 0 Å². The summed E-state index contributed by atoms with van der Waals surface area (Å²) in [6.07, 6.45) is 1.28. The van der Waals surface area contributed by atoms with E-state index < -0.39 is 0 Å². The average Bonchev–Trinajstić information content (AvgIpc) is 1.87. The summed E-state index contributed by atoms with van der Waals surface area (Å²) in [6, 6.07) is 0. The van der Waals surface area contributed by atoms with Gasteiger partial charge in [-0.25, -0.2) is 0 Å². The second-order valence-corrected chi connectivity index (χ2v) is 6.06. The summed E-state index contributed by atoms with van der Waals surface area (Å²) in [7, 11) is 2.23. The number of rotatable bonds is 4. The van der Waals surface area contributed by atoms with Crippen LogP contribution in [0.2, 0.25) is 0 Å². The van der Waals surface area contributed by atoms with Gasteiger partial charge in [0.25, 0.3) is 0 Å². The van der Waals surface area contributed by atoms with Crippen LogP contribution in [0.1, 0.15) is 27.2 Å². The monoisotopic (exact) mass is 256 g/mol. The van der Waals surface area contributed by atoms with Crippen molar-refractivity contribution in [2.45, 2.75) is 27.2 Å². The van der Waals surface area contributed by atoms with E-state index in [-0.39, 0.29) is 0 Å². The van der Waals surface area contributed by atoms with Crippen LogP contribution >= 0.6 is 0 Å². The van der Waals surface area contributed by atoms with Gasteiger partial charge in [-0.3, -0.25) is 0 Å². The Morgan fingerprint density at radius 1 is 1.40 bits per heavy atom. The van der Waals surface area contributed by atoms with E-state index in [0.29, 0.717) is 26.9 Å².